The van der Waals surface area contributed by atoms with Crippen LogP contribution in [0.2, 0.25) is 0 Å². The van der Waals surface area contributed by atoms with Gasteiger partial charge in [0, 0.05) is 6.54 Å². The summed E-state index contributed by atoms with van der Waals surface area (Å²) in [5, 5.41) is 9.10. The molecular weight excluding hydrogens is 274 g/mol. The second-order valence-corrected chi connectivity index (χ2v) is 6.94. The van der Waals surface area contributed by atoms with Crippen molar-refractivity contribution in [2.75, 3.05) is 19.6 Å². The van der Waals surface area contributed by atoms with Crippen molar-refractivity contribution in [3.05, 3.63) is 35.4 Å². The Bertz CT molecular complexity index is 487. The average Bonchev–Trinajstić information content (AvgIpc) is 3.37. The van der Waals surface area contributed by atoms with Crippen molar-refractivity contribution in [1.29, 1.82) is 0 Å². The number of carboxylic acids is 1. The second kappa shape index (κ2) is 7.28. The highest BCUT2D eigenvalue weighted by Crippen LogP contribution is 2.44. The summed E-state index contributed by atoms with van der Waals surface area (Å²) in [7, 11) is 0. The molecule has 1 heterocycles. The molecule has 1 aliphatic carbocycles. The van der Waals surface area contributed by atoms with Crippen molar-refractivity contribution in [3.8, 4) is 0 Å². The van der Waals surface area contributed by atoms with Crippen LogP contribution >= 0.6 is 0 Å². The number of hydrogen-bond donors (Lipinski definition) is 1. The summed E-state index contributed by atoms with van der Waals surface area (Å²) >= 11 is 0. The van der Waals surface area contributed by atoms with Crippen molar-refractivity contribution < 1.29 is 9.90 Å². The molecule has 22 heavy (non-hydrogen) atoms. The average molecular weight is 301 g/mol. The Labute approximate surface area is 133 Å². The Hall–Kier alpha value is -1.35. The van der Waals surface area contributed by atoms with E-state index in [-0.39, 0.29) is 12.3 Å². The van der Waals surface area contributed by atoms with Crippen LogP contribution in [0, 0.1) is 5.92 Å². The molecule has 3 heteroatoms. The van der Waals surface area contributed by atoms with Crippen LogP contribution in [0.1, 0.15) is 55.6 Å². The minimum absolute atomic E-state index is 0.216. The van der Waals surface area contributed by atoms with Crippen molar-refractivity contribution in [2.45, 2.75) is 50.9 Å². The largest absolute Gasteiger partial charge is 0.481 e. The zero-order valence-corrected chi connectivity index (χ0v) is 13.3. The molecule has 3 nitrogen and oxygen atoms in total. The van der Waals surface area contributed by atoms with Gasteiger partial charge in [-0.15, -0.1) is 0 Å². The van der Waals surface area contributed by atoms with E-state index in [9.17, 15) is 4.79 Å². The van der Waals surface area contributed by atoms with E-state index in [2.05, 4.69) is 29.2 Å². The van der Waals surface area contributed by atoms with Crippen LogP contribution in [-0.2, 0) is 11.2 Å². The summed E-state index contributed by atoms with van der Waals surface area (Å²) in [6.45, 7) is 3.65. The highest BCUT2D eigenvalue weighted by atomic mass is 16.4. The molecule has 0 radical (unpaired) electrons. The highest BCUT2D eigenvalue weighted by molar-refractivity contribution is 5.68. The smallest absolute Gasteiger partial charge is 0.303 e. The van der Waals surface area contributed by atoms with Crippen molar-refractivity contribution >= 4 is 5.97 Å². The monoisotopic (exact) mass is 301 g/mol. The number of likely N-dealkylation sites (tertiary alicyclic amines) is 1. The van der Waals surface area contributed by atoms with Crippen LogP contribution in [0.15, 0.2) is 24.3 Å². The number of carboxylic acid groups (broad SMARTS) is 1. The predicted octanol–water partition coefficient (Wildman–Crippen LogP) is 3.68. The standard InChI is InChI=1S/C19H27NO2/c21-19(22)14-18(17-8-9-17)16-6-4-15(5-7-16)10-13-20-11-2-1-3-12-20/h4-7,17-18H,1-3,8-14H2,(H,21,22). The second-order valence-electron chi connectivity index (χ2n) is 6.94. The van der Waals surface area contributed by atoms with Gasteiger partial charge in [0.25, 0.3) is 0 Å². The number of aliphatic carboxylic acids is 1. The summed E-state index contributed by atoms with van der Waals surface area (Å²) < 4.78 is 0. The molecule has 120 valence electrons. The SMILES string of the molecule is O=C(O)CC(c1ccc(CCN2CCCCC2)cc1)C1CC1. The fourth-order valence-corrected chi connectivity index (χ4v) is 3.65. The van der Waals surface area contributed by atoms with Crippen LogP contribution in [0.3, 0.4) is 0 Å². The first-order valence-corrected chi connectivity index (χ1v) is 8.75. The quantitative estimate of drug-likeness (QED) is 0.835. The van der Waals surface area contributed by atoms with Gasteiger partial charge in [-0.1, -0.05) is 30.7 Å². The fourth-order valence-electron chi connectivity index (χ4n) is 3.65. The van der Waals surface area contributed by atoms with Crippen molar-refractivity contribution in [3.63, 3.8) is 0 Å². The van der Waals surface area contributed by atoms with E-state index in [1.54, 1.807) is 0 Å². The first-order chi connectivity index (χ1) is 10.7. The summed E-state index contributed by atoms with van der Waals surface area (Å²) in [6.07, 6.45) is 7.83. The lowest BCUT2D eigenvalue weighted by molar-refractivity contribution is -0.137. The zero-order valence-electron chi connectivity index (χ0n) is 13.3. The molecule has 1 saturated heterocycles. The van der Waals surface area contributed by atoms with Crippen LogP contribution in [0.25, 0.3) is 0 Å². The summed E-state index contributed by atoms with van der Waals surface area (Å²) in [5.41, 5.74) is 2.59. The van der Waals surface area contributed by atoms with Gasteiger partial charge < -0.3 is 10.0 Å². The Kier molecular flexibility index (Phi) is 5.14. The maximum Gasteiger partial charge on any atom is 0.303 e. The van der Waals surface area contributed by atoms with Crippen molar-refractivity contribution in [1.82, 2.24) is 4.90 Å². The molecule has 1 N–H and O–H groups in total. The molecule has 0 aromatic heterocycles. The normalized spacial score (nSPS) is 20.7. The van der Waals surface area contributed by atoms with Crippen LogP contribution in [0.5, 0.6) is 0 Å². The third-order valence-corrected chi connectivity index (χ3v) is 5.16. The minimum Gasteiger partial charge on any atom is -0.481 e. The van der Waals surface area contributed by atoms with Gasteiger partial charge in [-0.3, -0.25) is 4.79 Å². The van der Waals surface area contributed by atoms with E-state index in [1.807, 2.05) is 0 Å². The van der Waals surface area contributed by atoms with Gasteiger partial charge in [0.2, 0.25) is 0 Å². The van der Waals surface area contributed by atoms with Gasteiger partial charge in [0.05, 0.1) is 6.42 Å². The molecule has 2 aliphatic rings. The highest BCUT2D eigenvalue weighted by Gasteiger charge is 2.33. The third kappa shape index (κ3) is 4.33. The van der Waals surface area contributed by atoms with E-state index in [4.69, 9.17) is 5.11 Å². The molecule has 1 atom stereocenters. The summed E-state index contributed by atoms with van der Waals surface area (Å²) in [6, 6.07) is 8.74. The number of piperidine rings is 1. The first-order valence-electron chi connectivity index (χ1n) is 8.75. The molecule has 1 aromatic rings. The predicted molar refractivity (Wildman–Crippen MR) is 88.2 cm³/mol. The molecule has 0 bridgehead atoms. The van der Waals surface area contributed by atoms with Gasteiger partial charge >= 0.3 is 5.97 Å². The Morgan fingerprint density at radius 3 is 2.41 bits per heavy atom. The van der Waals surface area contributed by atoms with Crippen LogP contribution < -0.4 is 0 Å². The number of benzene rings is 1. The van der Waals surface area contributed by atoms with Gasteiger partial charge in [0.15, 0.2) is 0 Å². The minimum atomic E-state index is -0.675. The molecule has 3 rings (SSSR count). The number of hydrogen-bond acceptors (Lipinski definition) is 2. The van der Waals surface area contributed by atoms with E-state index in [1.165, 1.54) is 56.3 Å². The molecule has 1 aliphatic heterocycles. The molecular formula is C19H27NO2. The molecule has 0 spiro atoms. The zero-order chi connectivity index (χ0) is 15.4. The van der Waals surface area contributed by atoms with E-state index >= 15 is 0 Å². The topological polar surface area (TPSA) is 40.5 Å². The van der Waals surface area contributed by atoms with E-state index in [0.29, 0.717) is 5.92 Å². The Balaban J connectivity index is 1.55. The molecule has 2 fully saturated rings. The number of rotatable bonds is 7. The molecule has 1 saturated carbocycles. The third-order valence-electron chi connectivity index (χ3n) is 5.16. The van der Waals surface area contributed by atoms with Gasteiger partial charge in [0.1, 0.15) is 0 Å². The maximum absolute atomic E-state index is 11.1. The summed E-state index contributed by atoms with van der Waals surface area (Å²) in [5.74, 6) is 0.134. The maximum atomic E-state index is 11.1. The molecule has 0 amide bonds. The number of carbonyl (C=O) groups is 1. The molecule has 1 unspecified atom stereocenters. The Morgan fingerprint density at radius 2 is 1.82 bits per heavy atom. The Morgan fingerprint density at radius 1 is 1.14 bits per heavy atom. The fraction of sp³-hybridized carbons (Fsp3) is 0.632. The number of nitrogens with zero attached hydrogens (tertiary/aromatic N) is 1. The van der Waals surface area contributed by atoms with Gasteiger partial charge in [-0.05, 0) is 68.2 Å². The van der Waals surface area contributed by atoms with Crippen molar-refractivity contribution in [2.24, 2.45) is 5.92 Å². The summed E-state index contributed by atoms with van der Waals surface area (Å²) in [4.78, 5) is 13.6. The lowest BCUT2D eigenvalue weighted by atomic mass is 9.90. The van der Waals surface area contributed by atoms with Crippen LogP contribution in [-0.4, -0.2) is 35.6 Å². The lowest BCUT2D eigenvalue weighted by Gasteiger charge is -2.26. The van der Waals surface area contributed by atoms with E-state index < -0.39 is 5.97 Å². The first kappa shape index (κ1) is 15.5. The van der Waals surface area contributed by atoms with Crippen LogP contribution in [0.4, 0.5) is 0 Å². The molecule has 1 aromatic carbocycles. The van der Waals surface area contributed by atoms with Gasteiger partial charge in [-0.2, -0.15) is 0 Å². The van der Waals surface area contributed by atoms with Gasteiger partial charge in [-0.25, -0.2) is 0 Å². The lowest BCUT2D eigenvalue weighted by Crippen LogP contribution is -2.31. The van der Waals surface area contributed by atoms with E-state index in [0.717, 1.165) is 13.0 Å².